The number of cyclic esters (lactones) is 1. The van der Waals surface area contributed by atoms with Crippen LogP contribution in [-0.4, -0.2) is 25.8 Å². The van der Waals surface area contributed by atoms with Crippen molar-refractivity contribution < 1.29 is 19.0 Å². The summed E-state index contributed by atoms with van der Waals surface area (Å²) in [5.41, 5.74) is 1.15. The lowest BCUT2D eigenvalue weighted by Crippen LogP contribution is -2.19. The number of esters is 1. The molecule has 4 heteroatoms. The van der Waals surface area contributed by atoms with Gasteiger partial charge in [-0.3, -0.25) is 4.79 Å². The molecule has 1 atom stereocenters. The molecule has 4 rings (SSSR count). The first-order chi connectivity index (χ1) is 12.8. The predicted molar refractivity (Wildman–Crippen MR) is 101 cm³/mol. The number of methoxy groups -OCH3 is 1. The summed E-state index contributed by atoms with van der Waals surface area (Å²) >= 11 is 0. The zero-order chi connectivity index (χ0) is 17.9. The van der Waals surface area contributed by atoms with Gasteiger partial charge in [-0.05, 0) is 46.7 Å². The van der Waals surface area contributed by atoms with Crippen LogP contribution in [0.1, 0.15) is 24.8 Å². The lowest BCUT2D eigenvalue weighted by Gasteiger charge is -2.18. The molecule has 0 amide bonds. The molecule has 134 valence electrons. The first-order valence-electron chi connectivity index (χ1n) is 9.01. The maximum Gasteiger partial charge on any atom is 0.305 e. The zero-order valence-corrected chi connectivity index (χ0v) is 14.9. The Hall–Kier alpha value is -2.59. The van der Waals surface area contributed by atoms with Crippen LogP contribution in [0.15, 0.2) is 48.5 Å². The van der Waals surface area contributed by atoms with Crippen LogP contribution in [0.25, 0.3) is 21.5 Å². The van der Waals surface area contributed by atoms with Crippen molar-refractivity contribution >= 4 is 27.5 Å². The van der Waals surface area contributed by atoms with E-state index in [2.05, 4.69) is 24.3 Å². The maximum absolute atomic E-state index is 11.4. The molecule has 0 spiro atoms. The number of rotatable bonds is 4. The zero-order valence-electron chi connectivity index (χ0n) is 14.9. The Morgan fingerprint density at radius 1 is 1.08 bits per heavy atom. The number of hydrogen-bond donors (Lipinski definition) is 0. The highest BCUT2D eigenvalue weighted by Gasteiger charge is 2.19. The van der Waals surface area contributed by atoms with Crippen molar-refractivity contribution in [1.82, 2.24) is 0 Å². The molecule has 1 fully saturated rings. The monoisotopic (exact) mass is 350 g/mol. The highest BCUT2D eigenvalue weighted by atomic mass is 16.6. The second-order valence-electron chi connectivity index (χ2n) is 6.64. The van der Waals surface area contributed by atoms with E-state index >= 15 is 0 Å². The van der Waals surface area contributed by atoms with Crippen molar-refractivity contribution in [3.63, 3.8) is 0 Å². The Kier molecular flexibility index (Phi) is 4.76. The summed E-state index contributed by atoms with van der Waals surface area (Å²) in [5, 5.41) is 4.56. The molecular formula is C22H22O4. The molecular weight excluding hydrogens is 328 g/mol. The van der Waals surface area contributed by atoms with Crippen molar-refractivity contribution in [2.24, 2.45) is 0 Å². The summed E-state index contributed by atoms with van der Waals surface area (Å²) in [6, 6.07) is 16.6. The summed E-state index contributed by atoms with van der Waals surface area (Å²) in [5.74, 6) is 0.731. The summed E-state index contributed by atoms with van der Waals surface area (Å²) in [7, 11) is 1.69. The van der Waals surface area contributed by atoms with E-state index in [1.165, 1.54) is 5.39 Å². The number of hydrogen-bond acceptors (Lipinski definition) is 4. The molecule has 0 radical (unpaired) electrons. The minimum Gasteiger partial charge on any atom is -0.496 e. The molecule has 1 aliphatic rings. The second-order valence-corrected chi connectivity index (χ2v) is 6.64. The van der Waals surface area contributed by atoms with Crippen molar-refractivity contribution in [3.8, 4) is 5.75 Å². The quantitative estimate of drug-likeness (QED) is 0.509. The Morgan fingerprint density at radius 3 is 2.81 bits per heavy atom. The lowest BCUT2D eigenvalue weighted by molar-refractivity contribution is -0.145. The van der Waals surface area contributed by atoms with Crippen LogP contribution in [0.3, 0.4) is 0 Å². The molecule has 0 N–H and O–H groups in total. The van der Waals surface area contributed by atoms with Crippen LogP contribution in [0.4, 0.5) is 0 Å². The topological polar surface area (TPSA) is 44.8 Å². The number of benzene rings is 3. The van der Waals surface area contributed by atoms with Gasteiger partial charge in [0.05, 0.1) is 19.8 Å². The SMILES string of the molecule is COc1cccc2c(COC3CCCC(=O)OC3)c3ccccc3cc12. The number of ether oxygens (including phenoxy) is 3. The van der Waals surface area contributed by atoms with Gasteiger partial charge in [0.25, 0.3) is 0 Å². The molecule has 0 saturated carbocycles. The third-order valence-corrected chi connectivity index (χ3v) is 5.00. The molecule has 26 heavy (non-hydrogen) atoms. The van der Waals surface area contributed by atoms with Crippen LogP contribution >= 0.6 is 0 Å². The molecule has 1 unspecified atom stereocenters. The first kappa shape index (κ1) is 16.9. The number of carbonyl (C=O) groups excluding carboxylic acids is 1. The van der Waals surface area contributed by atoms with E-state index in [-0.39, 0.29) is 12.1 Å². The van der Waals surface area contributed by atoms with Gasteiger partial charge in [-0.2, -0.15) is 0 Å². The lowest BCUT2D eigenvalue weighted by atomic mass is 9.96. The van der Waals surface area contributed by atoms with Gasteiger partial charge in [-0.25, -0.2) is 0 Å². The maximum atomic E-state index is 11.4. The van der Waals surface area contributed by atoms with E-state index < -0.39 is 0 Å². The average molecular weight is 350 g/mol. The van der Waals surface area contributed by atoms with Crippen molar-refractivity contribution in [2.75, 3.05) is 13.7 Å². The van der Waals surface area contributed by atoms with Gasteiger partial charge >= 0.3 is 5.97 Å². The third-order valence-electron chi connectivity index (χ3n) is 5.00. The van der Waals surface area contributed by atoms with Gasteiger partial charge in [0, 0.05) is 11.8 Å². The predicted octanol–water partition coefficient (Wildman–Crippen LogP) is 4.61. The van der Waals surface area contributed by atoms with Crippen molar-refractivity contribution in [2.45, 2.75) is 32.0 Å². The standard InChI is InChI=1S/C22H22O4/c1-24-21-10-5-9-18-19(21)12-15-6-2-3-8-17(15)20(18)14-25-16-7-4-11-22(23)26-13-16/h2-3,5-6,8-10,12,16H,4,7,11,13-14H2,1H3. The molecule has 0 aliphatic carbocycles. The summed E-state index contributed by atoms with van der Waals surface area (Å²) in [6.45, 7) is 0.818. The molecule has 0 bridgehead atoms. The Labute approximate surface area is 152 Å². The van der Waals surface area contributed by atoms with E-state index in [1.807, 2.05) is 24.3 Å². The van der Waals surface area contributed by atoms with Crippen LogP contribution in [0, 0.1) is 0 Å². The molecule has 1 aliphatic heterocycles. The fourth-order valence-electron chi connectivity index (χ4n) is 3.64. The van der Waals surface area contributed by atoms with Crippen molar-refractivity contribution in [3.05, 3.63) is 54.1 Å². The molecule has 1 heterocycles. The van der Waals surface area contributed by atoms with Gasteiger partial charge in [0.1, 0.15) is 12.4 Å². The van der Waals surface area contributed by atoms with Crippen molar-refractivity contribution in [1.29, 1.82) is 0 Å². The average Bonchev–Trinajstić information content (AvgIpc) is 2.89. The summed E-state index contributed by atoms with van der Waals surface area (Å²) in [4.78, 5) is 11.4. The van der Waals surface area contributed by atoms with Gasteiger partial charge in [0.15, 0.2) is 0 Å². The molecule has 0 aromatic heterocycles. The smallest absolute Gasteiger partial charge is 0.305 e. The van der Waals surface area contributed by atoms with Crippen LogP contribution in [0.2, 0.25) is 0 Å². The Bertz CT molecular complexity index is 947. The Morgan fingerprint density at radius 2 is 1.92 bits per heavy atom. The minimum absolute atomic E-state index is 0.0546. The van der Waals surface area contributed by atoms with Crippen LogP contribution in [-0.2, 0) is 20.9 Å². The van der Waals surface area contributed by atoms with Gasteiger partial charge in [-0.1, -0.05) is 36.4 Å². The highest BCUT2D eigenvalue weighted by Crippen LogP contribution is 2.34. The third kappa shape index (κ3) is 3.25. The van der Waals surface area contributed by atoms with E-state index in [4.69, 9.17) is 14.2 Å². The fraction of sp³-hybridized carbons (Fsp3) is 0.318. The normalized spacial score (nSPS) is 17.9. The molecule has 4 nitrogen and oxygen atoms in total. The summed E-state index contributed by atoms with van der Waals surface area (Å²) in [6.07, 6.45) is 2.08. The number of fused-ring (bicyclic) bond motifs is 2. The molecule has 3 aromatic carbocycles. The van der Waals surface area contributed by atoms with E-state index in [0.717, 1.165) is 40.3 Å². The number of carbonyl (C=O) groups is 1. The highest BCUT2D eigenvalue weighted by molar-refractivity contribution is 6.04. The van der Waals surface area contributed by atoms with E-state index in [9.17, 15) is 4.79 Å². The van der Waals surface area contributed by atoms with Gasteiger partial charge in [0.2, 0.25) is 0 Å². The molecule has 1 saturated heterocycles. The van der Waals surface area contributed by atoms with Gasteiger partial charge < -0.3 is 14.2 Å². The largest absolute Gasteiger partial charge is 0.496 e. The fourth-order valence-corrected chi connectivity index (χ4v) is 3.64. The minimum atomic E-state index is -0.128. The van der Waals surface area contributed by atoms with E-state index in [1.54, 1.807) is 7.11 Å². The van der Waals surface area contributed by atoms with E-state index in [0.29, 0.717) is 19.6 Å². The first-order valence-corrected chi connectivity index (χ1v) is 9.01. The van der Waals surface area contributed by atoms with Crippen LogP contribution < -0.4 is 4.74 Å². The molecule has 3 aromatic rings. The van der Waals surface area contributed by atoms with Gasteiger partial charge in [-0.15, -0.1) is 0 Å². The van der Waals surface area contributed by atoms with Crippen LogP contribution in [0.5, 0.6) is 5.75 Å². The second kappa shape index (κ2) is 7.34. The Balaban J connectivity index is 1.73. The summed E-state index contributed by atoms with van der Waals surface area (Å²) < 4.78 is 17.0.